The molecule has 3 N–H and O–H groups in total. The molecule has 5 rings (SSSR count). The van der Waals surface area contributed by atoms with Crippen molar-refractivity contribution in [3.63, 3.8) is 0 Å². The molecule has 3 aromatic carbocycles. The Hall–Kier alpha value is -4.39. The van der Waals surface area contributed by atoms with Crippen molar-refractivity contribution in [1.29, 1.82) is 0 Å². The summed E-state index contributed by atoms with van der Waals surface area (Å²) in [5.74, 6) is -3.26. The zero-order valence-corrected chi connectivity index (χ0v) is 16.6. The van der Waals surface area contributed by atoms with Crippen LogP contribution in [0.1, 0.15) is 17.2 Å². The van der Waals surface area contributed by atoms with Crippen molar-refractivity contribution in [3.05, 3.63) is 102 Å². The Kier molecular flexibility index (Phi) is 4.52. The molecule has 0 saturated carbocycles. The number of ketones is 1. The summed E-state index contributed by atoms with van der Waals surface area (Å²) >= 11 is 0. The van der Waals surface area contributed by atoms with E-state index < -0.39 is 29.3 Å². The van der Waals surface area contributed by atoms with Crippen molar-refractivity contribution in [2.45, 2.75) is 6.04 Å². The van der Waals surface area contributed by atoms with E-state index in [0.29, 0.717) is 10.9 Å². The van der Waals surface area contributed by atoms with Crippen molar-refractivity contribution in [1.82, 2.24) is 4.98 Å². The normalized spacial score (nSPS) is 17.9. The smallest absolute Gasteiger partial charge is 0.300 e. The number of hydrogen-bond acceptors (Lipinski definition) is 4. The zero-order valence-electron chi connectivity index (χ0n) is 16.6. The van der Waals surface area contributed by atoms with Crippen LogP contribution in [0.2, 0.25) is 0 Å². The van der Waals surface area contributed by atoms with E-state index in [1.807, 2.05) is 6.07 Å². The summed E-state index contributed by atoms with van der Waals surface area (Å²) in [4.78, 5) is 30.3. The lowest BCUT2D eigenvalue weighted by molar-refractivity contribution is -0.132. The van der Waals surface area contributed by atoms with Crippen molar-refractivity contribution in [2.24, 2.45) is 0 Å². The van der Waals surface area contributed by atoms with Gasteiger partial charge in [0.2, 0.25) is 0 Å². The summed E-state index contributed by atoms with van der Waals surface area (Å²) in [5, 5.41) is 22.2. The predicted octanol–water partition coefficient (Wildman–Crippen LogP) is 4.64. The lowest BCUT2D eigenvalue weighted by Gasteiger charge is -2.26. The van der Waals surface area contributed by atoms with E-state index >= 15 is 0 Å². The number of para-hydroxylation sites is 3. The Morgan fingerprint density at radius 3 is 2.41 bits per heavy atom. The first-order chi connectivity index (χ1) is 15.5. The third kappa shape index (κ3) is 2.86. The summed E-state index contributed by atoms with van der Waals surface area (Å²) in [6.45, 7) is 0. The number of nitrogens with zero attached hydrogens (tertiary/aromatic N) is 1. The number of H-pyrrole nitrogens is 1. The molecule has 1 aliphatic rings. The lowest BCUT2D eigenvalue weighted by Crippen LogP contribution is -2.29. The molecule has 4 aromatic rings. The van der Waals surface area contributed by atoms with Gasteiger partial charge in [0.1, 0.15) is 17.3 Å². The molecule has 1 aromatic heterocycles. The number of aromatic amines is 1. The predicted molar refractivity (Wildman–Crippen MR) is 118 cm³/mol. The molecule has 0 radical (unpaired) electrons. The Labute approximate surface area is 181 Å². The second kappa shape index (κ2) is 7.39. The van der Waals surface area contributed by atoms with Crippen LogP contribution >= 0.6 is 0 Å². The Morgan fingerprint density at radius 2 is 1.62 bits per heavy atom. The summed E-state index contributed by atoms with van der Waals surface area (Å²) in [6, 6.07) is 17.6. The lowest BCUT2D eigenvalue weighted by atomic mass is 9.94. The average Bonchev–Trinajstić information content (AvgIpc) is 3.34. The van der Waals surface area contributed by atoms with Crippen LogP contribution in [-0.2, 0) is 9.59 Å². The van der Waals surface area contributed by atoms with Gasteiger partial charge in [0.05, 0.1) is 17.3 Å². The van der Waals surface area contributed by atoms with Crippen molar-refractivity contribution >= 4 is 34.0 Å². The maximum atomic E-state index is 14.9. The number of anilines is 1. The molecule has 1 unspecified atom stereocenters. The number of halogens is 1. The van der Waals surface area contributed by atoms with Gasteiger partial charge in [-0.3, -0.25) is 14.5 Å². The van der Waals surface area contributed by atoms with E-state index in [1.165, 1.54) is 36.5 Å². The number of carbonyl (C=O) groups excluding carboxylic acids is 2. The number of phenols is 1. The molecule has 2 heterocycles. The molecule has 32 heavy (non-hydrogen) atoms. The van der Waals surface area contributed by atoms with Crippen molar-refractivity contribution < 1.29 is 24.2 Å². The van der Waals surface area contributed by atoms with Crippen LogP contribution in [-0.4, -0.2) is 26.9 Å². The molecule has 0 spiro atoms. The van der Waals surface area contributed by atoms with Crippen LogP contribution in [0.3, 0.4) is 0 Å². The van der Waals surface area contributed by atoms with E-state index in [4.69, 9.17) is 0 Å². The second-order valence-electron chi connectivity index (χ2n) is 7.43. The number of aromatic nitrogens is 1. The minimum Gasteiger partial charge on any atom is -0.507 e. The number of phenolic OH excluding ortho intramolecular Hbond substituents is 1. The summed E-state index contributed by atoms with van der Waals surface area (Å²) in [7, 11) is 0. The third-order valence-electron chi connectivity index (χ3n) is 5.63. The Balaban J connectivity index is 1.80. The van der Waals surface area contributed by atoms with Crippen LogP contribution in [0.5, 0.6) is 5.75 Å². The highest BCUT2D eigenvalue weighted by Gasteiger charge is 2.48. The maximum absolute atomic E-state index is 14.9. The fourth-order valence-electron chi connectivity index (χ4n) is 4.15. The Bertz CT molecular complexity index is 1420. The fourth-order valence-corrected chi connectivity index (χ4v) is 4.15. The number of aromatic hydroxyl groups is 1. The number of fused-ring (bicyclic) bond motifs is 1. The Morgan fingerprint density at radius 1 is 0.938 bits per heavy atom. The molecule has 1 amide bonds. The standard InChI is InChI=1S/C25H17FN2O4/c26-17-9-3-1-8-15(17)22-21(23(30)16-13-27-18-10-4-2-7-14(16)18)24(31)25(32)28(22)19-11-5-6-12-20(19)29/h1-13,22,27,29-30H/b23-21+. The molecule has 0 bridgehead atoms. The summed E-state index contributed by atoms with van der Waals surface area (Å²) < 4.78 is 14.9. The van der Waals surface area contributed by atoms with E-state index in [0.717, 1.165) is 10.4 Å². The number of hydrogen-bond donors (Lipinski definition) is 3. The summed E-state index contributed by atoms with van der Waals surface area (Å²) in [6.07, 6.45) is 1.53. The number of aliphatic hydroxyl groups excluding tert-OH is 1. The molecule has 1 atom stereocenters. The van der Waals surface area contributed by atoms with Crippen LogP contribution < -0.4 is 4.90 Å². The largest absolute Gasteiger partial charge is 0.507 e. The van der Waals surface area contributed by atoms with Gasteiger partial charge in [-0.05, 0) is 24.3 Å². The molecule has 1 fully saturated rings. The number of amides is 1. The van der Waals surface area contributed by atoms with Gasteiger partial charge in [-0.2, -0.15) is 0 Å². The number of carbonyl (C=O) groups is 2. The monoisotopic (exact) mass is 428 g/mol. The van der Waals surface area contributed by atoms with E-state index in [-0.39, 0.29) is 22.6 Å². The molecular formula is C25H17FN2O4. The van der Waals surface area contributed by atoms with Gasteiger partial charge in [0.15, 0.2) is 0 Å². The first-order valence-electron chi connectivity index (χ1n) is 9.89. The minimum absolute atomic E-state index is 0.0244. The van der Waals surface area contributed by atoms with E-state index in [2.05, 4.69) is 4.98 Å². The topological polar surface area (TPSA) is 93.6 Å². The van der Waals surface area contributed by atoms with Crippen LogP contribution in [0.25, 0.3) is 16.7 Å². The van der Waals surface area contributed by atoms with Gasteiger partial charge < -0.3 is 15.2 Å². The quantitative estimate of drug-likeness (QED) is 0.252. The van der Waals surface area contributed by atoms with Gasteiger partial charge in [0.25, 0.3) is 11.7 Å². The number of nitrogens with one attached hydrogen (secondary N) is 1. The zero-order chi connectivity index (χ0) is 22.4. The molecule has 0 aliphatic carbocycles. The first-order valence-corrected chi connectivity index (χ1v) is 9.89. The van der Waals surface area contributed by atoms with Crippen LogP contribution in [0.4, 0.5) is 10.1 Å². The fraction of sp³-hybridized carbons (Fsp3) is 0.0400. The molecule has 1 saturated heterocycles. The van der Waals surface area contributed by atoms with Gasteiger partial charge in [-0.25, -0.2) is 4.39 Å². The molecule has 1 aliphatic heterocycles. The molecule has 6 nitrogen and oxygen atoms in total. The van der Waals surface area contributed by atoms with Crippen molar-refractivity contribution in [3.8, 4) is 5.75 Å². The highest BCUT2D eigenvalue weighted by atomic mass is 19.1. The van der Waals surface area contributed by atoms with E-state index in [1.54, 1.807) is 36.4 Å². The van der Waals surface area contributed by atoms with Crippen LogP contribution in [0.15, 0.2) is 84.6 Å². The third-order valence-corrected chi connectivity index (χ3v) is 5.63. The number of Topliss-reactive ketones (excluding diaryl/α,β-unsaturated/α-hetero) is 1. The second-order valence-corrected chi connectivity index (χ2v) is 7.43. The number of rotatable bonds is 3. The van der Waals surface area contributed by atoms with Crippen molar-refractivity contribution in [2.75, 3.05) is 4.90 Å². The van der Waals surface area contributed by atoms with E-state index in [9.17, 15) is 24.2 Å². The SMILES string of the molecule is O=C1C(=O)N(c2ccccc2O)C(c2ccccc2F)/C1=C(\O)c1c[nH]c2ccccc12. The number of benzene rings is 3. The minimum atomic E-state index is -1.27. The average molecular weight is 428 g/mol. The molecule has 7 heteroatoms. The highest BCUT2D eigenvalue weighted by Crippen LogP contribution is 2.45. The van der Waals surface area contributed by atoms with Gasteiger partial charge in [0, 0.05) is 28.2 Å². The first kappa shape index (κ1) is 19.6. The molecule has 158 valence electrons. The maximum Gasteiger partial charge on any atom is 0.300 e. The van der Waals surface area contributed by atoms with Gasteiger partial charge in [-0.15, -0.1) is 0 Å². The summed E-state index contributed by atoms with van der Waals surface area (Å²) in [5.41, 5.74) is 0.855. The highest BCUT2D eigenvalue weighted by molar-refractivity contribution is 6.52. The van der Waals surface area contributed by atoms with Gasteiger partial charge >= 0.3 is 0 Å². The molecular weight excluding hydrogens is 411 g/mol. The number of aliphatic hydroxyl groups is 1. The van der Waals surface area contributed by atoms with Crippen LogP contribution in [0, 0.1) is 5.82 Å². The van der Waals surface area contributed by atoms with Gasteiger partial charge in [-0.1, -0.05) is 48.5 Å².